The van der Waals surface area contributed by atoms with Gasteiger partial charge < -0.3 is 4.74 Å². The van der Waals surface area contributed by atoms with E-state index in [0.717, 1.165) is 17.7 Å². The summed E-state index contributed by atoms with van der Waals surface area (Å²) >= 11 is 5.70. The summed E-state index contributed by atoms with van der Waals surface area (Å²) in [6.45, 7) is 0.216. The lowest BCUT2D eigenvalue weighted by atomic mass is 10.3. The molecule has 0 amide bonds. The molecule has 0 atom stereocenters. The van der Waals surface area contributed by atoms with Gasteiger partial charge >= 0.3 is 0 Å². The second-order valence-corrected chi connectivity index (χ2v) is 3.74. The third-order valence-electron chi connectivity index (χ3n) is 2.09. The van der Waals surface area contributed by atoms with Crippen molar-refractivity contribution in [1.29, 1.82) is 0 Å². The molecule has 0 N–H and O–H groups in total. The van der Waals surface area contributed by atoms with Crippen LogP contribution in [0.25, 0.3) is 0 Å². The number of hydrogen-bond acceptors (Lipinski definition) is 2. The minimum Gasteiger partial charge on any atom is -0.489 e. The van der Waals surface area contributed by atoms with Crippen molar-refractivity contribution < 1.29 is 13.5 Å². The summed E-state index contributed by atoms with van der Waals surface area (Å²) in [6, 6.07) is 6.75. The van der Waals surface area contributed by atoms with Crippen molar-refractivity contribution in [3.8, 4) is 5.75 Å². The van der Waals surface area contributed by atoms with Crippen LogP contribution in [0.4, 0.5) is 8.78 Å². The van der Waals surface area contributed by atoms with Gasteiger partial charge in [0.2, 0.25) is 0 Å². The quantitative estimate of drug-likeness (QED) is 0.782. The largest absolute Gasteiger partial charge is 0.489 e. The van der Waals surface area contributed by atoms with Crippen LogP contribution >= 0.6 is 11.6 Å². The van der Waals surface area contributed by atoms with E-state index in [0.29, 0.717) is 5.15 Å². The van der Waals surface area contributed by atoms with Gasteiger partial charge in [0, 0.05) is 12.3 Å². The molecule has 2 aromatic rings. The summed E-state index contributed by atoms with van der Waals surface area (Å²) in [7, 11) is 0. The van der Waals surface area contributed by atoms with Crippen LogP contribution in [0.2, 0.25) is 5.15 Å². The van der Waals surface area contributed by atoms with Gasteiger partial charge in [0.05, 0.1) is 0 Å². The van der Waals surface area contributed by atoms with E-state index in [1.54, 1.807) is 18.3 Å². The van der Waals surface area contributed by atoms with E-state index in [1.165, 1.54) is 6.07 Å². The molecular formula is C12H8ClF2NO. The number of ether oxygens (including phenoxy) is 1. The molecule has 1 heterocycles. The Hall–Kier alpha value is -1.68. The van der Waals surface area contributed by atoms with E-state index in [1.807, 2.05) is 0 Å². The molecule has 0 fully saturated rings. The molecule has 0 aliphatic rings. The van der Waals surface area contributed by atoms with Gasteiger partial charge in [0.1, 0.15) is 17.5 Å². The Bertz CT molecular complexity index is 534. The Kier molecular flexibility index (Phi) is 3.54. The second-order valence-electron chi connectivity index (χ2n) is 3.35. The third kappa shape index (κ3) is 3.14. The molecule has 0 spiro atoms. The third-order valence-corrected chi connectivity index (χ3v) is 2.29. The Balaban J connectivity index is 2.05. The van der Waals surface area contributed by atoms with Crippen molar-refractivity contribution in [2.45, 2.75) is 6.61 Å². The van der Waals surface area contributed by atoms with E-state index in [2.05, 4.69) is 4.98 Å². The van der Waals surface area contributed by atoms with Gasteiger partial charge in [-0.25, -0.2) is 13.8 Å². The van der Waals surface area contributed by atoms with Crippen LogP contribution in [-0.4, -0.2) is 4.98 Å². The topological polar surface area (TPSA) is 22.1 Å². The van der Waals surface area contributed by atoms with Gasteiger partial charge in [-0.1, -0.05) is 11.6 Å². The molecule has 0 bridgehead atoms. The van der Waals surface area contributed by atoms with Crippen LogP contribution in [0.1, 0.15) is 5.56 Å². The normalized spacial score (nSPS) is 10.3. The highest BCUT2D eigenvalue weighted by Gasteiger charge is 2.03. The molecule has 88 valence electrons. The molecule has 17 heavy (non-hydrogen) atoms. The lowest BCUT2D eigenvalue weighted by Crippen LogP contribution is -1.96. The van der Waals surface area contributed by atoms with Gasteiger partial charge in [-0.2, -0.15) is 0 Å². The molecule has 2 rings (SSSR count). The van der Waals surface area contributed by atoms with Crippen molar-refractivity contribution >= 4 is 11.6 Å². The predicted octanol–water partition coefficient (Wildman–Crippen LogP) is 3.59. The molecule has 0 aliphatic heterocycles. The van der Waals surface area contributed by atoms with Gasteiger partial charge in [-0.3, -0.25) is 0 Å². The van der Waals surface area contributed by atoms with E-state index < -0.39 is 11.6 Å². The molecule has 1 aromatic carbocycles. The van der Waals surface area contributed by atoms with Crippen molar-refractivity contribution in [1.82, 2.24) is 4.98 Å². The molecule has 0 saturated carbocycles. The molecular weight excluding hydrogens is 248 g/mol. The Morgan fingerprint density at radius 3 is 2.65 bits per heavy atom. The van der Waals surface area contributed by atoms with Crippen LogP contribution in [0.15, 0.2) is 36.5 Å². The maximum Gasteiger partial charge on any atom is 0.162 e. The lowest BCUT2D eigenvalue weighted by Gasteiger charge is -2.06. The fraction of sp³-hybridized carbons (Fsp3) is 0.0833. The molecule has 0 unspecified atom stereocenters. The van der Waals surface area contributed by atoms with Gasteiger partial charge in [-0.05, 0) is 29.8 Å². The van der Waals surface area contributed by atoms with Crippen LogP contribution in [0.5, 0.6) is 5.75 Å². The van der Waals surface area contributed by atoms with E-state index in [4.69, 9.17) is 16.3 Å². The summed E-state index contributed by atoms with van der Waals surface area (Å²) in [4.78, 5) is 3.82. The standard InChI is InChI=1S/C12H8ClF2NO/c13-12-5-8(3-4-16-12)7-17-9-1-2-10(14)11(15)6-9/h1-6H,7H2. The monoisotopic (exact) mass is 255 g/mol. The zero-order chi connectivity index (χ0) is 12.3. The van der Waals surface area contributed by atoms with Crippen LogP contribution in [0, 0.1) is 11.6 Å². The van der Waals surface area contributed by atoms with E-state index in [-0.39, 0.29) is 12.4 Å². The molecule has 0 radical (unpaired) electrons. The summed E-state index contributed by atoms with van der Waals surface area (Å²) in [5.74, 6) is -1.57. The maximum absolute atomic E-state index is 12.9. The first kappa shape index (κ1) is 11.8. The highest BCUT2D eigenvalue weighted by molar-refractivity contribution is 6.29. The van der Waals surface area contributed by atoms with Crippen LogP contribution in [-0.2, 0) is 6.61 Å². The van der Waals surface area contributed by atoms with Crippen LogP contribution < -0.4 is 4.74 Å². The first-order valence-corrected chi connectivity index (χ1v) is 5.21. The lowest BCUT2D eigenvalue weighted by molar-refractivity contribution is 0.303. The number of nitrogens with zero attached hydrogens (tertiary/aromatic N) is 1. The zero-order valence-corrected chi connectivity index (χ0v) is 9.42. The van der Waals surface area contributed by atoms with Crippen molar-refractivity contribution in [3.05, 3.63) is 58.9 Å². The van der Waals surface area contributed by atoms with E-state index >= 15 is 0 Å². The number of hydrogen-bond donors (Lipinski definition) is 0. The van der Waals surface area contributed by atoms with Crippen LogP contribution in [0.3, 0.4) is 0 Å². The Labute approximate surface area is 102 Å². The van der Waals surface area contributed by atoms with Crippen molar-refractivity contribution in [2.75, 3.05) is 0 Å². The predicted molar refractivity (Wildman–Crippen MR) is 59.9 cm³/mol. The zero-order valence-electron chi connectivity index (χ0n) is 8.66. The molecule has 0 aliphatic carbocycles. The fourth-order valence-corrected chi connectivity index (χ4v) is 1.46. The average molecular weight is 256 g/mol. The highest BCUT2D eigenvalue weighted by Crippen LogP contribution is 2.17. The second kappa shape index (κ2) is 5.10. The number of halogens is 3. The summed E-state index contributed by atoms with van der Waals surface area (Å²) < 4.78 is 30.8. The maximum atomic E-state index is 12.9. The van der Waals surface area contributed by atoms with E-state index in [9.17, 15) is 8.78 Å². The first-order valence-electron chi connectivity index (χ1n) is 4.83. The number of benzene rings is 1. The van der Waals surface area contributed by atoms with Crippen molar-refractivity contribution in [2.24, 2.45) is 0 Å². The minimum absolute atomic E-state index is 0.216. The average Bonchev–Trinajstić information content (AvgIpc) is 2.31. The smallest absolute Gasteiger partial charge is 0.162 e. The molecule has 0 saturated heterocycles. The molecule has 1 aromatic heterocycles. The Morgan fingerprint density at radius 2 is 1.94 bits per heavy atom. The van der Waals surface area contributed by atoms with Crippen molar-refractivity contribution in [3.63, 3.8) is 0 Å². The first-order chi connectivity index (χ1) is 8.15. The highest BCUT2D eigenvalue weighted by atomic mass is 35.5. The SMILES string of the molecule is Fc1ccc(OCc2ccnc(Cl)c2)cc1F. The fourth-order valence-electron chi connectivity index (χ4n) is 1.27. The van der Waals surface area contributed by atoms with Gasteiger partial charge in [0.15, 0.2) is 11.6 Å². The minimum atomic E-state index is -0.935. The van der Waals surface area contributed by atoms with Gasteiger partial charge in [-0.15, -0.1) is 0 Å². The summed E-state index contributed by atoms with van der Waals surface area (Å²) in [6.07, 6.45) is 1.55. The number of pyridine rings is 1. The molecule has 5 heteroatoms. The summed E-state index contributed by atoms with van der Waals surface area (Å²) in [5.41, 5.74) is 0.801. The Morgan fingerprint density at radius 1 is 1.12 bits per heavy atom. The van der Waals surface area contributed by atoms with Gasteiger partial charge in [0.25, 0.3) is 0 Å². The number of rotatable bonds is 3. The summed E-state index contributed by atoms with van der Waals surface area (Å²) in [5, 5.41) is 0.358. The molecule has 2 nitrogen and oxygen atoms in total. The number of aromatic nitrogens is 1.